The lowest BCUT2D eigenvalue weighted by Crippen LogP contribution is -2.42. The van der Waals surface area contributed by atoms with E-state index in [4.69, 9.17) is 9.73 Å². The van der Waals surface area contributed by atoms with Crippen LogP contribution in [0.2, 0.25) is 0 Å². The third-order valence-electron chi connectivity index (χ3n) is 4.96. The fraction of sp³-hybridized carbons (Fsp3) is 0.500. The van der Waals surface area contributed by atoms with Gasteiger partial charge in [0.1, 0.15) is 5.75 Å². The second-order valence-electron chi connectivity index (χ2n) is 7.18. The predicted octanol–water partition coefficient (Wildman–Crippen LogP) is 2.93. The number of benzene rings is 1. The third kappa shape index (κ3) is 6.73. The molecule has 2 aromatic rings. The number of aryl methyl sites for hydroxylation is 1. The van der Waals surface area contributed by atoms with Crippen molar-refractivity contribution >= 4 is 17.3 Å². The Bertz CT molecular complexity index is 787. The number of phenolic OH excluding ortho intramolecular Hbond substituents is 1. The van der Waals surface area contributed by atoms with Crippen LogP contribution in [0.5, 0.6) is 5.75 Å². The van der Waals surface area contributed by atoms with Gasteiger partial charge >= 0.3 is 0 Å². The smallest absolute Gasteiger partial charge is 0.191 e. The molecule has 1 aliphatic rings. The van der Waals surface area contributed by atoms with Gasteiger partial charge in [0.15, 0.2) is 5.96 Å². The summed E-state index contributed by atoms with van der Waals surface area (Å²) in [5, 5.41) is 16.4. The molecule has 1 aliphatic heterocycles. The zero-order valence-corrected chi connectivity index (χ0v) is 18.2. The molecule has 1 unspecified atom stereocenters. The third-order valence-corrected chi connectivity index (χ3v) is 6.06. The SMILES string of the molecule is CCNC(=NCC(c1ccc(C)s1)N1CCOCC1)NCCc1cccc(O)c1. The maximum atomic E-state index is 9.62. The van der Waals surface area contributed by atoms with E-state index in [-0.39, 0.29) is 6.04 Å². The molecule has 7 heteroatoms. The molecule has 1 fully saturated rings. The molecular weight excluding hydrogens is 384 g/mol. The minimum Gasteiger partial charge on any atom is -0.508 e. The van der Waals surface area contributed by atoms with Crippen molar-refractivity contribution in [1.29, 1.82) is 0 Å². The van der Waals surface area contributed by atoms with E-state index in [0.717, 1.165) is 57.3 Å². The van der Waals surface area contributed by atoms with Crippen molar-refractivity contribution < 1.29 is 9.84 Å². The van der Waals surface area contributed by atoms with E-state index in [1.165, 1.54) is 9.75 Å². The summed E-state index contributed by atoms with van der Waals surface area (Å²) in [6, 6.07) is 12.1. The van der Waals surface area contributed by atoms with Crippen LogP contribution in [0.25, 0.3) is 0 Å². The van der Waals surface area contributed by atoms with Crippen LogP contribution < -0.4 is 10.6 Å². The van der Waals surface area contributed by atoms with Gasteiger partial charge in [0.05, 0.1) is 25.8 Å². The van der Waals surface area contributed by atoms with Crippen LogP contribution in [0.3, 0.4) is 0 Å². The molecule has 1 saturated heterocycles. The lowest BCUT2D eigenvalue weighted by molar-refractivity contribution is 0.0186. The number of phenols is 1. The number of thiophene rings is 1. The minimum absolute atomic E-state index is 0.277. The van der Waals surface area contributed by atoms with Gasteiger partial charge in [-0.2, -0.15) is 0 Å². The maximum Gasteiger partial charge on any atom is 0.191 e. The average molecular weight is 417 g/mol. The van der Waals surface area contributed by atoms with E-state index in [0.29, 0.717) is 12.3 Å². The molecule has 0 amide bonds. The number of morpholine rings is 1. The number of hydrogen-bond donors (Lipinski definition) is 3. The number of guanidine groups is 1. The Hall–Kier alpha value is -2.09. The molecule has 158 valence electrons. The Labute approximate surface area is 177 Å². The molecule has 0 aliphatic carbocycles. The molecule has 1 aromatic heterocycles. The van der Waals surface area contributed by atoms with Gasteiger partial charge in [0.25, 0.3) is 0 Å². The molecule has 3 N–H and O–H groups in total. The van der Waals surface area contributed by atoms with Crippen LogP contribution in [0.4, 0.5) is 0 Å². The summed E-state index contributed by atoms with van der Waals surface area (Å²) in [6.45, 7) is 9.97. The van der Waals surface area contributed by atoms with Gasteiger partial charge in [-0.25, -0.2) is 0 Å². The Morgan fingerprint density at radius 2 is 2.07 bits per heavy atom. The summed E-state index contributed by atoms with van der Waals surface area (Å²) < 4.78 is 5.54. The quantitative estimate of drug-likeness (QED) is 0.456. The van der Waals surface area contributed by atoms with E-state index < -0.39 is 0 Å². The van der Waals surface area contributed by atoms with Crippen molar-refractivity contribution in [1.82, 2.24) is 15.5 Å². The first-order valence-electron chi connectivity index (χ1n) is 10.3. The van der Waals surface area contributed by atoms with Crippen LogP contribution in [0, 0.1) is 6.92 Å². The molecule has 2 heterocycles. The van der Waals surface area contributed by atoms with Gasteiger partial charge in [0, 0.05) is 35.9 Å². The molecule has 1 aromatic carbocycles. The number of nitrogens with zero attached hydrogens (tertiary/aromatic N) is 2. The summed E-state index contributed by atoms with van der Waals surface area (Å²) in [6.07, 6.45) is 0.829. The van der Waals surface area contributed by atoms with E-state index >= 15 is 0 Å². The standard InChI is InChI=1S/C22H32N4O2S/c1-3-23-22(24-10-9-18-5-4-6-19(27)15-18)25-16-20(21-8-7-17(2)29-21)26-11-13-28-14-12-26/h4-8,15,20,27H,3,9-14,16H2,1-2H3,(H2,23,24,25). The molecule has 1 atom stereocenters. The Kier molecular flexibility index (Phi) is 8.34. The van der Waals surface area contributed by atoms with Crippen molar-refractivity contribution in [2.45, 2.75) is 26.3 Å². The largest absolute Gasteiger partial charge is 0.508 e. The van der Waals surface area contributed by atoms with Crippen LogP contribution in [-0.4, -0.2) is 61.9 Å². The van der Waals surface area contributed by atoms with Gasteiger partial charge in [-0.05, 0) is 50.1 Å². The van der Waals surface area contributed by atoms with Crippen molar-refractivity contribution in [2.75, 3.05) is 45.9 Å². The van der Waals surface area contributed by atoms with E-state index in [1.807, 2.05) is 23.5 Å². The molecule has 0 bridgehead atoms. The average Bonchev–Trinajstić information content (AvgIpc) is 3.15. The summed E-state index contributed by atoms with van der Waals surface area (Å²) >= 11 is 1.85. The maximum absolute atomic E-state index is 9.62. The lowest BCUT2D eigenvalue weighted by Gasteiger charge is -2.33. The number of hydrogen-bond acceptors (Lipinski definition) is 5. The van der Waals surface area contributed by atoms with E-state index in [9.17, 15) is 5.11 Å². The van der Waals surface area contributed by atoms with Crippen LogP contribution in [0.15, 0.2) is 41.4 Å². The first-order valence-corrected chi connectivity index (χ1v) is 11.2. The van der Waals surface area contributed by atoms with Gasteiger partial charge in [0.2, 0.25) is 0 Å². The number of ether oxygens (including phenoxy) is 1. The van der Waals surface area contributed by atoms with E-state index in [1.54, 1.807) is 12.1 Å². The Balaban J connectivity index is 1.63. The number of aliphatic imine (C=N–C) groups is 1. The Morgan fingerprint density at radius 3 is 2.76 bits per heavy atom. The van der Waals surface area contributed by atoms with Crippen molar-refractivity contribution in [3.05, 3.63) is 51.7 Å². The Morgan fingerprint density at radius 1 is 1.24 bits per heavy atom. The lowest BCUT2D eigenvalue weighted by atomic mass is 10.1. The number of rotatable bonds is 8. The fourth-order valence-electron chi connectivity index (χ4n) is 3.46. The summed E-state index contributed by atoms with van der Waals surface area (Å²) in [5.41, 5.74) is 1.11. The molecular formula is C22H32N4O2S. The summed E-state index contributed by atoms with van der Waals surface area (Å²) in [7, 11) is 0. The molecule has 0 spiro atoms. The van der Waals surface area contributed by atoms with Gasteiger partial charge in [-0.3, -0.25) is 9.89 Å². The van der Waals surface area contributed by atoms with Crippen molar-refractivity contribution in [2.24, 2.45) is 4.99 Å². The van der Waals surface area contributed by atoms with Gasteiger partial charge in [-0.1, -0.05) is 12.1 Å². The monoisotopic (exact) mass is 416 g/mol. The zero-order valence-electron chi connectivity index (χ0n) is 17.4. The van der Waals surface area contributed by atoms with Crippen molar-refractivity contribution in [3.8, 4) is 5.75 Å². The van der Waals surface area contributed by atoms with E-state index in [2.05, 4.69) is 41.5 Å². The molecule has 29 heavy (non-hydrogen) atoms. The first-order chi connectivity index (χ1) is 14.2. The van der Waals surface area contributed by atoms with Crippen LogP contribution in [0.1, 0.15) is 28.3 Å². The molecule has 3 rings (SSSR count). The van der Waals surface area contributed by atoms with Gasteiger partial charge in [-0.15, -0.1) is 11.3 Å². The van der Waals surface area contributed by atoms with Gasteiger partial charge < -0.3 is 20.5 Å². The highest BCUT2D eigenvalue weighted by molar-refractivity contribution is 7.12. The van der Waals surface area contributed by atoms with Crippen LogP contribution in [-0.2, 0) is 11.2 Å². The fourth-order valence-corrected chi connectivity index (χ4v) is 4.47. The zero-order chi connectivity index (χ0) is 20.5. The topological polar surface area (TPSA) is 69.1 Å². The highest BCUT2D eigenvalue weighted by atomic mass is 32.1. The predicted molar refractivity (Wildman–Crippen MR) is 120 cm³/mol. The highest BCUT2D eigenvalue weighted by Crippen LogP contribution is 2.28. The summed E-state index contributed by atoms with van der Waals surface area (Å²) in [5.74, 6) is 1.14. The molecule has 0 radical (unpaired) electrons. The van der Waals surface area contributed by atoms with Crippen LogP contribution >= 0.6 is 11.3 Å². The highest BCUT2D eigenvalue weighted by Gasteiger charge is 2.23. The second kappa shape index (κ2) is 11.2. The normalized spacial score (nSPS) is 16.6. The molecule has 0 saturated carbocycles. The minimum atomic E-state index is 0.277. The second-order valence-corrected chi connectivity index (χ2v) is 8.50. The molecule has 6 nitrogen and oxygen atoms in total. The van der Waals surface area contributed by atoms with Crippen molar-refractivity contribution in [3.63, 3.8) is 0 Å². The number of nitrogens with one attached hydrogen (secondary N) is 2. The summed E-state index contributed by atoms with van der Waals surface area (Å²) in [4.78, 5) is 10.1. The number of aromatic hydroxyl groups is 1. The first kappa shape index (κ1) is 21.6.